The fourth-order valence-electron chi connectivity index (χ4n) is 2.43. The van der Waals surface area contributed by atoms with Crippen molar-refractivity contribution in [2.75, 3.05) is 25.0 Å². The second-order valence-electron chi connectivity index (χ2n) is 5.22. The van der Waals surface area contributed by atoms with E-state index in [-0.39, 0.29) is 24.4 Å². The number of benzene rings is 1. The van der Waals surface area contributed by atoms with Gasteiger partial charge in [-0.25, -0.2) is 13.2 Å². The van der Waals surface area contributed by atoms with E-state index in [4.69, 9.17) is 4.74 Å². The number of hydrogen-bond donors (Lipinski definition) is 1. The number of halogens is 3. The molecule has 0 unspecified atom stereocenters. The van der Waals surface area contributed by atoms with Crippen molar-refractivity contribution in [2.24, 2.45) is 0 Å². The van der Waals surface area contributed by atoms with Crippen LogP contribution in [-0.2, 0) is 9.53 Å². The Balaban J connectivity index is 1.97. The third kappa shape index (κ3) is 3.95. The minimum absolute atomic E-state index is 0.00144. The molecule has 2 atom stereocenters. The Kier molecular flexibility index (Phi) is 4.84. The van der Waals surface area contributed by atoms with E-state index in [1.807, 2.05) is 18.7 Å². The SMILES string of the molecule is C[C@H]1CN(CC(=O)Nc2ccc(F)c(F)c2F)C[C@H](C)O1. The van der Waals surface area contributed by atoms with Gasteiger partial charge in [-0.15, -0.1) is 0 Å². The molecule has 4 nitrogen and oxygen atoms in total. The van der Waals surface area contributed by atoms with E-state index in [1.54, 1.807) is 0 Å². The van der Waals surface area contributed by atoms with Crippen LogP contribution in [0.4, 0.5) is 18.9 Å². The van der Waals surface area contributed by atoms with Crippen molar-refractivity contribution in [3.05, 3.63) is 29.6 Å². The van der Waals surface area contributed by atoms with Crippen LogP contribution in [-0.4, -0.2) is 42.6 Å². The zero-order valence-electron chi connectivity index (χ0n) is 11.8. The Labute approximate surface area is 120 Å². The van der Waals surface area contributed by atoms with Crippen molar-refractivity contribution in [1.29, 1.82) is 0 Å². The summed E-state index contributed by atoms with van der Waals surface area (Å²) in [4.78, 5) is 13.7. The Bertz CT molecular complexity index is 529. The van der Waals surface area contributed by atoms with E-state index in [0.717, 1.165) is 12.1 Å². The van der Waals surface area contributed by atoms with Gasteiger partial charge in [0.1, 0.15) is 0 Å². The van der Waals surface area contributed by atoms with Crippen LogP contribution in [0.1, 0.15) is 13.8 Å². The topological polar surface area (TPSA) is 41.6 Å². The summed E-state index contributed by atoms with van der Waals surface area (Å²) < 4.78 is 44.9. The molecule has 1 aromatic rings. The number of amides is 1. The molecule has 1 amide bonds. The highest BCUT2D eigenvalue weighted by Gasteiger charge is 2.24. The van der Waals surface area contributed by atoms with E-state index < -0.39 is 23.4 Å². The molecule has 1 aromatic carbocycles. The maximum atomic E-state index is 13.5. The van der Waals surface area contributed by atoms with Crippen LogP contribution in [0.3, 0.4) is 0 Å². The van der Waals surface area contributed by atoms with Crippen molar-refractivity contribution in [3.63, 3.8) is 0 Å². The van der Waals surface area contributed by atoms with Crippen LogP contribution in [0.5, 0.6) is 0 Å². The average Bonchev–Trinajstić information content (AvgIpc) is 2.38. The molecular weight excluding hydrogens is 285 g/mol. The minimum atomic E-state index is -1.60. The lowest BCUT2D eigenvalue weighted by Crippen LogP contribution is -2.48. The summed E-state index contributed by atoms with van der Waals surface area (Å²) in [6.07, 6.45) is 0.00287. The van der Waals surface area contributed by atoms with Gasteiger partial charge in [0.05, 0.1) is 24.4 Å². The molecule has 1 fully saturated rings. The minimum Gasteiger partial charge on any atom is -0.373 e. The van der Waals surface area contributed by atoms with Gasteiger partial charge in [-0.2, -0.15) is 0 Å². The van der Waals surface area contributed by atoms with Gasteiger partial charge >= 0.3 is 0 Å². The molecule has 0 aliphatic carbocycles. The normalized spacial score (nSPS) is 23.1. The van der Waals surface area contributed by atoms with Crippen LogP contribution in [0, 0.1) is 17.5 Å². The lowest BCUT2D eigenvalue weighted by molar-refractivity contribution is -0.121. The van der Waals surface area contributed by atoms with Gasteiger partial charge in [-0.05, 0) is 26.0 Å². The van der Waals surface area contributed by atoms with E-state index in [9.17, 15) is 18.0 Å². The van der Waals surface area contributed by atoms with Crippen LogP contribution >= 0.6 is 0 Å². The van der Waals surface area contributed by atoms with Gasteiger partial charge in [0.15, 0.2) is 17.5 Å². The molecule has 7 heteroatoms. The smallest absolute Gasteiger partial charge is 0.238 e. The summed E-state index contributed by atoms with van der Waals surface area (Å²) >= 11 is 0. The highest BCUT2D eigenvalue weighted by molar-refractivity contribution is 5.92. The molecule has 0 radical (unpaired) electrons. The Morgan fingerprint density at radius 2 is 1.86 bits per heavy atom. The fraction of sp³-hybridized carbons (Fsp3) is 0.500. The summed E-state index contributed by atoms with van der Waals surface area (Å²) in [5, 5.41) is 2.25. The molecule has 1 saturated heterocycles. The summed E-state index contributed by atoms with van der Waals surface area (Å²) in [6.45, 7) is 5.00. The highest BCUT2D eigenvalue weighted by atomic mass is 19.2. The molecule has 0 saturated carbocycles. The Morgan fingerprint density at radius 1 is 1.24 bits per heavy atom. The molecule has 116 valence electrons. The van der Waals surface area contributed by atoms with E-state index in [1.165, 1.54) is 0 Å². The molecule has 1 heterocycles. The van der Waals surface area contributed by atoms with Crippen molar-refractivity contribution in [2.45, 2.75) is 26.1 Å². The van der Waals surface area contributed by atoms with Crippen molar-refractivity contribution in [3.8, 4) is 0 Å². The molecule has 21 heavy (non-hydrogen) atoms. The quantitative estimate of drug-likeness (QED) is 0.870. The van der Waals surface area contributed by atoms with Gasteiger partial charge in [0, 0.05) is 13.1 Å². The number of ether oxygens (including phenoxy) is 1. The van der Waals surface area contributed by atoms with Crippen molar-refractivity contribution >= 4 is 11.6 Å². The van der Waals surface area contributed by atoms with Gasteiger partial charge in [-0.1, -0.05) is 0 Å². The summed E-state index contributed by atoms with van der Waals surface area (Å²) in [5.41, 5.74) is -0.367. The van der Waals surface area contributed by atoms with Crippen LogP contribution in [0.2, 0.25) is 0 Å². The van der Waals surface area contributed by atoms with Crippen LogP contribution < -0.4 is 5.32 Å². The lowest BCUT2D eigenvalue weighted by atomic mass is 10.2. The Hall–Kier alpha value is -1.60. The van der Waals surface area contributed by atoms with Crippen LogP contribution in [0.15, 0.2) is 12.1 Å². The van der Waals surface area contributed by atoms with Gasteiger partial charge in [0.2, 0.25) is 5.91 Å². The second kappa shape index (κ2) is 6.44. The molecular formula is C14H17F3N2O2. The first-order valence-electron chi connectivity index (χ1n) is 6.68. The second-order valence-corrected chi connectivity index (χ2v) is 5.22. The molecule has 1 N–H and O–H groups in total. The molecule has 0 bridgehead atoms. The number of rotatable bonds is 3. The van der Waals surface area contributed by atoms with Crippen LogP contribution in [0.25, 0.3) is 0 Å². The molecule has 1 aliphatic heterocycles. The van der Waals surface area contributed by atoms with E-state index in [2.05, 4.69) is 5.32 Å². The number of anilines is 1. The predicted octanol–water partition coefficient (Wildman–Crippen LogP) is 2.15. The summed E-state index contributed by atoms with van der Waals surface area (Å²) in [5.74, 6) is -4.77. The zero-order valence-corrected chi connectivity index (χ0v) is 11.8. The predicted molar refractivity (Wildman–Crippen MR) is 71.4 cm³/mol. The number of nitrogens with zero attached hydrogens (tertiary/aromatic N) is 1. The number of carbonyl (C=O) groups is 1. The third-order valence-electron chi connectivity index (χ3n) is 3.17. The standard InChI is InChI=1S/C14H17F3N2O2/c1-8-5-19(6-9(2)21-8)7-12(20)18-11-4-3-10(15)13(16)14(11)17/h3-4,8-9H,5-7H2,1-2H3,(H,18,20)/t8-,9-/m0/s1. The number of hydrogen-bond acceptors (Lipinski definition) is 3. The summed E-state index contributed by atoms with van der Waals surface area (Å²) in [7, 11) is 0. The molecule has 1 aliphatic rings. The number of nitrogens with one attached hydrogen (secondary N) is 1. The highest BCUT2D eigenvalue weighted by Crippen LogP contribution is 2.19. The first-order valence-corrected chi connectivity index (χ1v) is 6.68. The average molecular weight is 302 g/mol. The lowest BCUT2D eigenvalue weighted by Gasteiger charge is -2.34. The van der Waals surface area contributed by atoms with Crippen molar-refractivity contribution < 1.29 is 22.7 Å². The number of morpholine rings is 1. The van der Waals surface area contributed by atoms with Gasteiger partial charge < -0.3 is 10.1 Å². The molecule has 0 aromatic heterocycles. The first kappa shape index (κ1) is 15.8. The molecule has 2 rings (SSSR count). The third-order valence-corrected chi connectivity index (χ3v) is 3.17. The molecule has 0 spiro atoms. The summed E-state index contributed by atoms with van der Waals surface area (Å²) in [6, 6.07) is 1.77. The maximum Gasteiger partial charge on any atom is 0.238 e. The monoisotopic (exact) mass is 302 g/mol. The van der Waals surface area contributed by atoms with Crippen molar-refractivity contribution in [1.82, 2.24) is 4.90 Å². The maximum absolute atomic E-state index is 13.5. The van der Waals surface area contributed by atoms with Gasteiger partial charge in [0.25, 0.3) is 0 Å². The van der Waals surface area contributed by atoms with Gasteiger partial charge in [-0.3, -0.25) is 9.69 Å². The first-order chi connectivity index (χ1) is 9.86. The number of carbonyl (C=O) groups excluding carboxylic acids is 1. The Morgan fingerprint density at radius 3 is 2.48 bits per heavy atom. The zero-order chi connectivity index (χ0) is 15.6. The van der Waals surface area contributed by atoms with E-state index >= 15 is 0 Å². The van der Waals surface area contributed by atoms with E-state index in [0.29, 0.717) is 13.1 Å². The fourth-order valence-corrected chi connectivity index (χ4v) is 2.43. The largest absolute Gasteiger partial charge is 0.373 e.